The van der Waals surface area contributed by atoms with Crippen LogP contribution in [-0.4, -0.2) is 26.8 Å². The molecule has 1 amide bonds. The summed E-state index contributed by atoms with van der Waals surface area (Å²) in [6.45, 7) is 1.70. The Morgan fingerprint density at radius 3 is 2.55 bits per heavy atom. The molecule has 0 radical (unpaired) electrons. The van der Waals surface area contributed by atoms with E-state index in [0.717, 1.165) is 0 Å². The zero-order chi connectivity index (χ0) is 20.8. The van der Waals surface area contributed by atoms with E-state index in [1.807, 2.05) is 0 Å². The monoisotopic (exact) mass is 392 g/mol. The third-order valence-electron chi connectivity index (χ3n) is 3.95. The molecule has 29 heavy (non-hydrogen) atoms. The highest BCUT2D eigenvalue weighted by Crippen LogP contribution is 2.28. The lowest BCUT2D eigenvalue weighted by atomic mass is 10.1. The number of anilines is 1. The molecule has 1 aromatic heterocycles. The fraction of sp³-hybridized carbons (Fsp3) is 0.100. The molecule has 1 N–H and O–H groups in total. The number of aromatic nitrogens is 2. The van der Waals surface area contributed by atoms with Crippen LogP contribution < -0.4 is 5.32 Å². The van der Waals surface area contributed by atoms with Gasteiger partial charge in [-0.05, 0) is 18.6 Å². The van der Waals surface area contributed by atoms with Crippen molar-refractivity contribution in [3.8, 4) is 0 Å². The van der Waals surface area contributed by atoms with Gasteiger partial charge in [0, 0.05) is 24.0 Å². The fourth-order valence-corrected chi connectivity index (χ4v) is 2.57. The molecule has 0 aliphatic carbocycles. The van der Waals surface area contributed by atoms with E-state index in [1.54, 1.807) is 43.3 Å². The van der Waals surface area contributed by atoms with E-state index >= 15 is 0 Å². The number of nitrogens with one attached hydrogen (secondary N) is 1. The van der Waals surface area contributed by atoms with Crippen LogP contribution in [0.25, 0.3) is 0 Å². The average molecular weight is 392 g/mol. The third kappa shape index (κ3) is 4.78. The highest BCUT2D eigenvalue weighted by Gasteiger charge is 2.28. The largest absolute Gasteiger partial charge is 0.443 e. The first-order valence-electron chi connectivity index (χ1n) is 8.53. The SMILES string of the molecule is Cc1ccc(NC(=O)[C@@H](OC(=O)c2cnccn2)c2ccccc2)c([N+](=O)[O-])c1. The van der Waals surface area contributed by atoms with Gasteiger partial charge in [-0.3, -0.25) is 19.9 Å². The molecule has 0 aliphatic rings. The van der Waals surface area contributed by atoms with Crippen molar-refractivity contribution >= 4 is 23.3 Å². The van der Waals surface area contributed by atoms with Gasteiger partial charge in [-0.1, -0.05) is 36.4 Å². The molecular weight excluding hydrogens is 376 g/mol. The number of esters is 1. The first-order chi connectivity index (χ1) is 14.0. The van der Waals surface area contributed by atoms with Crippen LogP contribution in [0.15, 0.2) is 67.1 Å². The number of aryl methyl sites for hydroxylation is 1. The van der Waals surface area contributed by atoms with Gasteiger partial charge in [-0.2, -0.15) is 0 Å². The maximum absolute atomic E-state index is 12.9. The van der Waals surface area contributed by atoms with E-state index in [9.17, 15) is 19.7 Å². The number of hydrogen-bond acceptors (Lipinski definition) is 7. The summed E-state index contributed by atoms with van der Waals surface area (Å²) in [5.74, 6) is -1.58. The number of hydrogen-bond donors (Lipinski definition) is 1. The molecular formula is C20H16N4O5. The summed E-state index contributed by atoms with van der Waals surface area (Å²) in [6.07, 6.45) is 2.60. The quantitative estimate of drug-likeness (QED) is 0.388. The highest BCUT2D eigenvalue weighted by atomic mass is 16.6. The minimum atomic E-state index is -1.34. The molecule has 0 spiro atoms. The van der Waals surface area contributed by atoms with E-state index < -0.39 is 22.9 Å². The standard InChI is InChI=1S/C20H16N4O5/c1-13-7-8-15(17(11-13)24(27)28)23-19(25)18(14-5-3-2-4-6-14)29-20(26)16-12-21-9-10-22-16/h2-12,18H,1H3,(H,23,25)/t18-/m0/s1. The summed E-state index contributed by atoms with van der Waals surface area (Å²) in [6, 6.07) is 12.7. The summed E-state index contributed by atoms with van der Waals surface area (Å²) in [5, 5.41) is 13.8. The maximum atomic E-state index is 12.9. The Morgan fingerprint density at radius 1 is 1.14 bits per heavy atom. The van der Waals surface area contributed by atoms with Gasteiger partial charge in [0.25, 0.3) is 11.6 Å². The van der Waals surface area contributed by atoms with Crippen LogP contribution in [0.1, 0.15) is 27.7 Å². The van der Waals surface area contributed by atoms with Gasteiger partial charge in [0.2, 0.25) is 6.10 Å². The van der Waals surface area contributed by atoms with Crippen LogP contribution in [0, 0.1) is 17.0 Å². The lowest BCUT2D eigenvalue weighted by Gasteiger charge is -2.18. The predicted molar refractivity (Wildman–Crippen MR) is 103 cm³/mol. The van der Waals surface area contributed by atoms with E-state index in [-0.39, 0.29) is 17.1 Å². The Bertz CT molecular complexity index is 1040. The van der Waals surface area contributed by atoms with Crippen LogP contribution in [0.3, 0.4) is 0 Å². The number of carbonyl (C=O) groups is 2. The molecule has 0 aliphatic heterocycles. The van der Waals surface area contributed by atoms with Crippen molar-refractivity contribution in [1.29, 1.82) is 0 Å². The topological polar surface area (TPSA) is 124 Å². The molecule has 1 heterocycles. The number of amides is 1. The van der Waals surface area contributed by atoms with Crippen LogP contribution in [-0.2, 0) is 9.53 Å². The van der Waals surface area contributed by atoms with Crippen molar-refractivity contribution in [3.63, 3.8) is 0 Å². The number of benzene rings is 2. The minimum absolute atomic E-state index is 0.00193. The zero-order valence-electron chi connectivity index (χ0n) is 15.3. The summed E-state index contributed by atoms with van der Waals surface area (Å²) < 4.78 is 5.36. The molecule has 0 fully saturated rings. The van der Waals surface area contributed by atoms with Gasteiger partial charge in [0.05, 0.1) is 11.1 Å². The molecule has 146 valence electrons. The predicted octanol–water partition coefficient (Wildman–Crippen LogP) is 3.23. The molecule has 3 aromatic rings. The van der Waals surface area contributed by atoms with Gasteiger partial charge >= 0.3 is 5.97 Å². The summed E-state index contributed by atoms with van der Waals surface area (Å²) in [7, 11) is 0. The van der Waals surface area contributed by atoms with Gasteiger partial charge in [0.1, 0.15) is 5.69 Å². The third-order valence-corrected chi connectivity index (χ3v) is 3.95. The van der Waals surface area contributed by atoms with E-state index in [2.05, 4.69) is 15.3 Å². The van der Waals surface area contributed by atoms with Crippen LogP contribution in [0.4, 0.5) is 11.4 Å². The van der Waals surface area contributed by atoms with Gasteiger partial charge in [0.15, 0.2) is 5.69 Å². The van der Waals surface area contributed by atoms with Crippen LogP contribution in [0.2, 0.25) is 0 Å². The van der Waals surface area contributed by atoms with Crippen LogP contribution >= 0.6 is 0 Å². The highest BCUT2D eigenvalue weighted by molar-refractivity contribution is 5.99. The number of carbonyl (C=O) groups excluding carboxylic acids is 2. The smallest absolute Gasteiger partial charge is 0.359 e. The molecule has 1 atom stereocenters. The van der Waals surface area contributed by atoms with Gasteiger partial charge < -0.3 is 10.1 Å². The Hall–Kier alpha value is -4.14. The van der Waals surface area contributed by atoms with Crippen molar-refractivity contribution in [1.82, 2.24) is 9.97 Å². The van der Waals surface area contributed by atoms with Crippen molar-refractivity contribution in [2.75, 3.05) is 5.32 Å². The number of rotatable bonds is 6. The number of nitro benzene ring substituents is 1. The molecule has 0 saturated carbocycles. The molecule has 9 nitrogen and oxygen atoms in total. The zero-order valence-corrected chi connectivity index (χ0v) is 15.3. The second kappa shape index (κ2) is 8.70. The number of ether oxygens (including phenoxy) is 1. The molecule has 2 aromatic carbocycles. The Morgan fingerprint density at radius 2 is 1.90 bits per heavy atom. The lowest BCUT2D eigenvalue weighted by Crippen LogP contribution is -2.26. The second-order valence-corrected chi connectivity index (χ2v) is 6.05. The van der Waals surface area contributed by atoms with Crippen molar-refractivity contribution in [2.45, 2.75) is 13.0 Å². The number of nitrogens with zero attached hydrogens (tertiary/aromatic N) is 3. The Balaban J connectivity index is 1.90. The Kier molecular flexibility index (Phi) is 5.88. The molecule has 0 bridgehead atoms. The summed E-state index contributed by atoms with van der Waals surface area (Å²) >= 11 is 0. The van der Waals surface area contributed by atoms with Gasteiger partial charge in [-0.15, -0.1) is 0 Å². The first kappa shape index (κ1) is 19.6. The van der Waals surface area contributed by atoms with E-state index in [4.69, 9.17) is 4.74 Å². The molecule has 3 rings (SSSR count). The first-order valence-corrected chi connectivity index (χ1v) is 8.53. The molecule has 9 heteroatoms. The molecule has 0 unspecified atom stereocenters. The summed E-state index contributed by atoms with van der Waals surface area (Å²) in [4.78, 5) is 43.7. The average Bonchev–Trinajstić information content (AvgIpc) is 2.74. The summed E-state index contributed by atoms with van der Waals surface area (Å²) in [5.41, 5.74) is 0.746. The minimum Gasteiger partial charge on any atom is -0.443 e. The second-order valence-electron chi connectivity index (χ2n) is 6.05. The number of nitro groups is 1. The van der Waals surface area contributed by atoms with E-state index in [0.29, 0.717) is 11.1 Å². The van der Waals surface area contributed by atoms with Crippen molar-refractivity contribution < 1.29 is 19.2 Å². The van der Waals surface area contributed by atoms with Gasteiger partial charge in [-0.25, -0.2) is 9.78 Å². The molecule has 0 saturated heterocycles. The maximum Gasteiger partial charge on any atom is 0.359 e. The van der Waals surface area contributed by atoms with Crippen molar-refractivity contribution in [2.24, 2.45) is 0 Å². The Labute approximate surface area is 165 Å². The van der Waals surface area contributed by atoms with Crippen molar-refractivity contribution in [3.05, 3.63) is 94.1 Å². The normalized spacial score (nSPS) is 11.3. The van der Waals surface area contributed by atoms with Crippen LogP contribution in [0.5, 0.6) is 0 Å². The van der Waals surface area contributed by atoms with E-state index in [1.165, 1.54) is 30.7 Å². The lowest BCUT2D eigenvalue weighted by molar-refractivity contribution is -0.384. The fourth-order valence-electron chi connectivity index (χ4n) is 2.57.